The van der Waals surface area contributed by atoms with E-state index >= 15 is 0 Å². The molecule has 1 aromatic rings. The number of anilines is 1. The molecular weight excluding hydrogens is 305 g/mol. The summed E-state index contributed by atoms with van der Waals surface area (Å²) in [4.78, 5) is 0. The van der Waals surface area contributed by atoms with E-state index in [0.29, 0.717) is 6.54 Å². The number of hydrogen-bond donors (Lipinski definition) is 2. The molecule has 0 fully saturated rings. The topological polar surface area (TPSA) is 58.2 Å². The fourth-order valence-corrected chi connectivity index (χ4v) is 2.80. The monoisotopic (exact) mass is 324 g/mol. The zero-order chi connectivity index (χ0) is 15.8. The molecule has 8 heteroatoms. The normalized spacial score (nSPS) is 12.3. The van der Waals surface area contributed by atoms with Gasteiger partial charge in [-0.3, -0.25) is 0 Å². The van der Waals surface area contributed by atoms with Crippen molar-refractivity contribution < 1.29 is 21.6 Å². The van der Waals surface area contributed by atoms with Gasteiger partial charge in [0, 0.05) is 25.2 Å². The average molecular weight is 324 g/mol. The molecule has 4 nitrogen and oxygen atoms in total. The van der Waals surface area contributed by atoms with Crippen LogP contribution in [0, 0.1) is 0 Å². The largest absolute Gasteiger partial charge is 0.389 e. The zero-order valence-corrected chi connectivity index (χ0v) is 12.3. The number of rotatable bonds is 9. The van der Waals surface area contributed by atoms with Gasteiger partial charge in [0.2, 0.25) is 10.0 Å². The van der Waals surface area contributed by atoms with Gasteiger partial charge in [-0.25, -0.2) is 13.1 Å². The maximum absolute atomic E-state index is 11.9. The Morgan fingerprint density at radius 2 is 1.67 bits per heavy atom. The predicted molar refractivity (Wildman–Crippen MR) is 76.6 cm³/mol. The lowest BCUT2D eigenvalue weighted by Crippen LogP contribution is -2.31. The van der Waals surface area contributed by atoms with Crippen molar-refractivity contribution in [1.82, 2.24) is 4.72 Å². The van der Waals surface area contributed by atoms with Crippen molar-refractivity contribution >= 4 is 15.7 Å². The second-order valence-corrected chi connectivity index (χ2v) is 6.50. The van der Waals surface area contributed by atoms with Crippen LogP contribution in [0.15, 0.2) is 30.3 Å². The van der Waals surface area contributed by atoms with Crippen LogP contribution in [0.1, 0.15) is 19.3 Å². The maximum Gasteiger partial charge on any atom is 0.389 e. The minimum Gasteiger partial charge on any atom is -0.384 e. The van der Waals surface area contributed by atoms with E-state index in [2.05, 4.69) is 10.0 Å². The standard InChI is InChI=1S/C13H19F3N2O2S/c14-13(15,16)8-4-5-11-21(19,20)18-10-9-17-12-6-2-1-3-7-12/h1-3,6-7,17-18H,4-5,8-11H2. The minimum atomic E-state index is -4.23. The van der Waals surface area contributed by atoms with Gasteiger partial charge in [-0.05, 0) is 25.0 Å². The predicted octanol–water partition coefficient (Wildman–Crippen LogP) is 2.75. The van der Waals surface area contributed by atoms with Gasteiger partial charge in [-0.15, -0.1) is 0 Å². The van der Waals surface area contributed by atoms with E-state index in [1.165, 1.54) is 0 Å². The summed E-state index contributed by atoms with van der Waals surface area (Å²) in [6.07, 6.45) is -5.34. The van der Waals surface area contributed by atoms with Crippen LogP contribution in [0.5, 0.6) is 0 Å². The molecule has 0 aliphatic carbocycles. The van der Waals surface area contributed by atoms with Crippen LogP contribution in [0.3, 0.4) is 0 Å². The number of para-hydroxylation sites is 1. The number of unbranched alkanes of at least 4 members (excludes halogenated alkanes) is 1. The molecule has 0 aliphatic heterocycles. The van der Waals surface area contributed by atoms with Crippen molar-refractivity contribution in [2.75, 3.05) is 24.2 Å². The molecule has 21 heavy (non-hydrogen) atoms. The minimum absolute atomic E-state index is 0.000950. The van der Waals surface area contributed by atoms with Crippen LogP contribution >= 0.6 is 0 Å². The summed E-state index contributed by atoms with van der Waals surface area (Å²) in [6.45, 7) is 0.599. The van der Waals surface area contributed by atoms with Gasteiger partial charge in [0.05, 0.1) is 5.75 Å². The summed E-state index contributed by atoms with van der Waals surface area (Å²) in [7, 11) is -3.51. The van der Waals surface area contributed by atoms with Gasteiger partial charge in [0.1, 0.15) is 0 Å². The lowest BCUT2D eigenvalue weighted by atomic mass is 10.2. The van der Waals surface area contributed by atoms with Crippen molar-refractivity contribution in [3.05, 3.63) is 30.3 Å². The van der Waals surface area contributed by atoms with E-state index in [-0.39, 0.29) is 25.1 Å². The van der Waals surface area contributed by atoms with Gasteiger partial charge in [0.15, 0.2) is 0 Å². The van der Waals surface area contributed by atoms with Crippen molar-refractivity contribution in [2.45, 2.75) is 25.4 Å². The Bertz CT molecular complexity index is 504. The third kappa shape index (κ3) is 9.30. The average Bonchev–Trinajstić information content (AvgIpc) is 2.40. The second kappa shape index (κ2) is 8.23. The molecule has 2 N–H and O–H groups in total. The Morgan fingerprint density at radius 3 is 2.29 bits per heavy atom. The van der Waals surface area contributed by atoms with E-state index in [9.17, 15) is 21.6 Å². The molecule has 0 spiro atoms. The van der Waals surface area contributed by atoms with Crippen LogP contribution in [0.25, 0.3) is 0 Å². The number of nitrogens with one attached hydrogen (secondary N) is 2. The van der Waals surface area contributed by atoms with Gasteiger partial charge >= 0.3 is 6.18 Å². The number of alkyl halides is 3. The van der Waals surface area contributed by atoms with E-state index in [1.54, 1.807) is 0 Å². The molecule has 1 aromatic carbocycles. The summed E-state index contributed by atoms with van der Waals surface area (Å²) in [5, 5.41) is 3.03. The fourth-order valence-electron chi connectivity index (χ4n) is 1.66. The SMILES string of the molecule is O=S(=O)(CCCCC(F)(F)F)NCCNc1ccccc1. The molecule has 0 amide bonds. The van der Waals surface area contributed by atoms with Gasteiger partial charge in [0.25, 0.3) is 0 Å². The summed E-state index contributed by atoms with van der Waals surface area (Å²) in [5.74, 6) is -0.283. The highest BCUT2D eigenvalue weighted by atomic mass is 32.2. The first-order chi connectivity index (χ1) is 9.79. The van der Waals surface area contributed by atoms with E-state index in [1.807, 2.05) is 30.3 Å². The number of sulfonamides is 1. The molecule has 0 saturated heterocycles. The summed E-state index contributed by atoms with van der Waals surface area (Å²) in [6, 6.07) is 9.28. The first-order valence-electron chi connectivity index (χ1n) is 6.61. The zero-order valence-electron chi connectivity index (χ0n) is 11.5. The first kappa shape index (κ1) is 17.8. The molecule has 0 aliphatic rings. The van der Waals surface area contributed by atoms with E-state index < -0.39 is 22.6 Å². The van der Waals surface area contributed by atoms with Gasteiger partial charge in [-0.2, -0.15) is 13.2 Å². The highest BCUT2D eigenvalue weighted by Crippen LogP contribution is 2.22. The third-order valence-electron chi connectivity index (χ3n) is 2.67. The summed E-state index contributed by atoms with van der Waals surface area (Å²) >= 11 is 0. The molecule has 0 bridgehead atoms. The van der Waals surface area contributed by atoms with Crippen LogP contribution in [-0.2, 0) is 10.0 Å². The molecule has 1 rings (SSSR count). The Kier molecular flexibility index (Phi) is 6.97. The lowest BCUT2D eigenvalue weighted by Gasteiger charge is -2.09. The Balaban J connectivity index is 2.15. The molecule has 0 heterocycles. The van der Waals surface area contributed by atoms with Crippen LogP contribution in [0.4, 0.5) is 18.9 Å². The molecule has 120 valence electrons. The van der Waals surface area contributed by atoms with Crippen LogP contribution in [0.2, 0.25) is 0 Å². The Morgan fingerprint density at radius 1 is 1.00 bits per heavy atom. The maximum atomic E-state index is 11.9. The smallest absolute Gasteiger partial charge is 0.384 e. The molecule has 0 saturated carbocycles. The van der Waals surface area contributed by atoms with Crippen molar-refractivity contribution in [2.24, 2.45) is 0 Å². The molecule has 0 aromatic heterocycles. The fraction of sp³-hybridized carbons (Fsp3) is 0.538. The lowest BCUT2D eigenvalue weighted by molar-refractivity contribution is -0.135. The summed E-state index contributed by atoms with van der Waals surface area (Å²) in [5.41, 5.74) is 0.877. The van der Waals surface area contributed by atoms with Gasteiger partial charge in [-0.1, -0.05) is 18.2 Å². The van der Waals surface area contributed by atoms with Crippen LogP contribution in [-0.4, -0.2) is 33.4 Å². The number of halogens is 3. The molecule has 0 atom stereocenters. The Hall–Kier alpha value is -1.28. The Labute approximate surface area is 122 Å². The first-order valence-corrected chi connectivity index (χ1v) is 8.27. The highest BCUT2D eigenvalue weighted by Gasteiger charge is 2.26. The van der Waals surface area contributed by atoms with E-state index in [0.717, 1.165) is 5.69 Å². The molecule has 0 radical (unpaired) electrons. The van der Waals surface area contributed by atoms with Crippen LogP contribution < -0.4 is 10.0 Å². The van der Waals surface area contributed by atoms with Crippen molar-refractivity contribution in [3.8, 4) is 0 Å². The quantitative estimate of drug-likeness (QED) is 0.687. The third-order valence-corrected chi connectivity index (χ3v) is 4.14. The molecule has 0 unspecified atom stereocenters. The van der Waals surface area contributed by atoms with E-state index in [4.69, 9.17) is 0 Å². The van der Waals surface area contributed by atoms with Crippen molar-refractivity contribution in [1.29, 1.82) is 0 Å². The number of benzene rings is 1. The second-order valence-electron chi connectivity index (χ2n) is 4.58. The summed E-state index contributed by atoms with van der Waals surface area (Å²) < 4.78 is 61.2. The molecular formula is C13H19F3N2O2S. The number of hydrogen-bond acceptors (Lipinski definition) is 3. The highest BCUT2D eigenvalue weighted by molar-refractivity contribution is 7.89. The van der Waals surface area contributed by atoms with Gasteiger partial charge < -0.3 is 5.32 Å². The van der Waals surface area contributed by atoms with Crippen molar-refractivity contribution in [3.63, 3.8) is 0 Å².